The van der Waals surface area contributed by atoms with Crippen LogP contribution in [0, 0.1) is 6.92 Å². The zero-order chi connectivity index (χ0) is 15.2. The summed E-state index contributed by atoms with van der Waals surface area (Å²) in [6.45, 7) is 4.62. The quantitative estimate of drug-likeness (QED) is 0.880. The summed E-state index contributed by atoms with van der Waals surface area (Å²) in [5.41, 5.74) is 1.63. The van der Waals surface area contributed by atoms with Gasteiger partial charge in [-0.25, -0.2) is 14.8 Å². The lowest BCUT2D eigenvalue weighted by atomic mass is 10.2. The van der Waals surface area contributed by atoms with Crippen LogP contribution in [0.25, 0.3) is 0 Å². The van der Waals surface area contributed by atoms with Crippen LogP contribution in [0.15, 0.2) is 36.5 Å². The maximum atomic E-state index is 11.1. The molecular formula is C16H19N3O2. The lowest BCUT2D eigenvalue weighted by Crippen LogP contribution is -2.21. The Labute approximate surface area is 124 Å². The van der Waals surface area contributed by atoms with Crippen molar-refractivity contribution in [3.05, 3.63) is 47.8 Å². The third-order valence-corrected chi connectivity index (χ3v) is 3.24. The number of aromatic carboxylic acids is 1. The highest BCUT2D eigenvalue weighted by atomic mass is 16.4. The van der Waals surface area contributed by atoms with E-state index in [1.54, 1.807) is 6.92 Å². The number of aromatic nitrogens is 2. The number of nitrogens with zero attached hydrogens (tertiary/aromatic N) is 3. The van der Waals surface area contributed by atoms with Crippen LogP contribution in [0.3, 0.4) is 0 Å². The highest BCUT2D eigenvalue weighted by molar-refractivity contribution is 5.88. The Morgan fingerprint density at radius 1 is 1.29 bits per heavy atom. The van der Waals surface area contributed by atoms with E-state index in [0.717, 1.165) is 25.1 Å². The molecule has 1 N–H and O–H groups in total. The summed E-state index contributed by atoms with van der Waals surface area (Å²) in [5, 5.41) is 9.06. The van der Waals surface area contributed by atoms with Gasteiger partial charge in [0, 0.05) is 18.4 Å². The molecule has 0 saturated carbocycles. The number of carbonyl (C=O) groups is 1. The van der Waals surface area contributed by atoms with E-state index in [4.69, 9.17) is 5.11 Å². The SMILES string of the molecule is CCCCN(c1ccccc1)c1ncc(C(=O)O)c(C)n1. The first-order chi connectivity index (χ1) is 10.1. The summed E-state index contributed by atoms with van der Waals surface area (Å²) in [4.78, 5) is 21.6. The van der Waals surface area contributed by atoms with E-state index in [1.165, 1.54) is 6.20 Å². The lowest BCUT2D eigenvalue weighted by Gasteiger charge is -2.23. The van der Waals surface area contributed by atoms with Crippen molar-refractivity contribution in [2.45, 2.75) is 26.7 Å². The van der Waals surface area contributed by atoms with Crippen molar-refractivity contribution < 1.29 is 9.90 Å². The minimum Gasteiger partial charge on any atom is -0.478 e. The molecule has 0 amide bonds. The maximum Gasteiger partial charge on any atom is 0.339 e. The molecule has 0 aliphatic carbocycles. The Balaban J connectivity index is 2.37. The van der Waals surface area contributed by atoms with E-state index in [9.17, 15) is 4.79 Å². The summed E-state index contributed by atoms with van der Waals surface area (Å²) >= 11 is 0. The third-order valence-electron chi connectivity index (χ3n) is 3.24. The molecule has 5 heteroatoms. The van der Waals surface area contributed by atoms with E-state index in [2.05, 4.69) is 16.9 Å². The van der Waals surface area contributed by atoms with E-state index in [-0.39, 0.29) is 5.56 Å². The Kier molecular flexibility index (Phi) is 4.87. The van der Waals surface area contributed by atoms with Crippen molar-refractivity contribution in [1.82, 2.24) is 9.97 Å². The number of carboxylic acids is 1. The molecule has 1 aromatic heterocycles. The molecule has 2 rings (SSSR count). The van der Waals surface area contributed by atoms with Gasteiger partial charge < -0.3 is 10.0 Å². The summed E-state index contributed by atoms with van der Waals surface area (Å²) in [7, 11) is 0. The molecule has 0 unspecified atom stereocenters. The molecule has 110 valence electrons. The first-order valence-electron chi connectivity index (χ1n) is 7.03. The smallest absolute Gasteiger partial charge is 0.339 e. The molecule has 0 saturated heterocycles. The predicted molar refractivity (Wildman–Crippen MR) is 82.1 cm³/mol. The first-order valence-corrected chi connectivity index (χ1v) is 7.03. The second-order valence-corrected chi connectivity index (χ2v) is 4.81. The topological polar surface area (TPSA) is 66.3 Å². The maximum absolute atomic E-state index is 11.1. The fourth-order valence-electron chi connectivity index (χ4n) is 2.06. The van der Waals surface area contributed by atoms with E-state index in [1.807, 2.05) is 35.2 Å². The number of benzene rings is 1. The Morgan fingerprint density at radius 3 is 2.57 bits per heavy atom. The Hall–Kier alpha value is -2.43. The van der Waals surface area contributed by atoms with Gasteiger partial charge in [-0.3, -0.25) is 0 Å². The number of para-hydroxylation sites is 1. The molecule has 2 aromatic rings. The van der Waals surface area contributed by atoms with E-state index in [0.29, 0.717) is 11.6 Å². The Bertz CT molecular complexity index is 614. The van der Waals surface area contributed by atoms with Gasteiger partial charge in [-0.2, -0.15) is 0 Å². The number of unbranched alkanes of at least 4 members (excludes halogenated alkanes) is 1. The van der Waals surface area contributed by atoms with Gasteiger partial charge in [-0.15, -0.1) is 0 Å². The van der Waals surface area contributed by atoms with Crippen LogP contribution in [0.2, 0.25) is 0 Å². The second-order valence-electron chi connectivity index (χ2n) is 4.81. The minimum atomic E-state index is -1.00. The van der Waals surface area contributed by atoms with Gasteiger partial charge in [0.1, 0.15) is 0 Å². The molecule has 0 fully saturated rings. The van der Waals surface area contributed by atoms with Gasteiger partial charge in [0.05, 0.1) is 11.3 Å². The average molecular weight is 285 g/mol. The number of anilines is 2. The summed E-state index contributed by atoms with van der Waals surface area (Å²) < 4.78 is 0. The number of aryl methyl sites for hydroxylation is 1. The number of hydrogen-bond donors (Lipinski definition) is 1. The molecule has 5 nitrogen and oxygen atoms in total. The normalized spacial score (nSPS) is 10.4. The van der Waals surface area contributed by atoms with Crippen molar-refractivity contribution in [3.8, 4) is 0 Å². The average Bonchev–Trinajstić information content (AvgIpc) is 2.48. The molecule has 1 heterocycles. The van der Waals surface area contributed by atoms with Crippen molar-refractivity contribution >= 4 is 17.6 Å². The third kappa shape index (κ3) is 3.56. The van der Waals surface area contributed by atoms with Crippen LogP contribution in [0.4, 0.5) is 11.6 Å². The zero-order valence-corrected chi connectivity index (χ0v) is 12.3. The van der Waals surface area contributed by atoms with Crippen LogP contribution >= 0.6 is 0 Å². The predicted octanol–water partition coefficient (Wildman–Crippen LogP) is 3.42. The molecule has 0 radical (unpaired) electrons. The lowest BCUT2D eigenvalue weighted by molar-refractivity contribution is 0.0695. The largest absolute Gasteiger partial charge is 0.478 e. The standard InChI is InChI=1S/C16H19N3O2/c1-3-4-10-19(13-8-6-5-7-9-13)16-17-11-14(15(20)21)12(2)18-16/h5-9,11H,3-4,10H2,1-2H3,(H,20,21). The highest BCUT2D eigenvalue weighted by Crippen LogP contribution is 2.23. The molecule has 21 heavy (non-hydrogen) atoms. The van der Waals surface area contributed by atoms with Crippen molar-refractivity contribution in [2.24, 2.45) is 0 Å². The van der Waals surface area contributed by atoms with Crippen LogP contribution in [0.5, 0.6) is 0 Å². The van der Waals surface area contributed by atoms with Crippen molar-refractivity contribution in [3.63, 3.8) is 0 Å². The van der Waals surface area contributed by atoms with Gasteiger partial charge in [-0.1, -0.05) is 31.5 Å². The number of carboxylic acid groups (broad SMARTS) is 1. The van der Waals surface area contributed by atoms with Crippen LogP contribution in [-0.2, 0) is 0 Å². The van der Waals surface area contributed by atoms with Gasteiger partial charge in [0.2, 0.25) is 5.95 Å². The van der Waals surface area contributed by atoms with Crippen molar-refractivity contribution in [2.75, 3.05) is 11.4 Å². The van der Waals surface area contributed by atoms with Crippen LogP contribution < -0.4 is 4.90 Å². The minimum absolute atomic E-state index is 0.141. The molecule has 0 spiro atoms. The highest BCUT2D eigenvalue weighted by Gasteiger charge is 2.15. The molecule has 0 aliphatic heterocycles. The fraction of sp³-hybridized carbons (Fsp3) is 0.312. The summed E-state index contributed by atoms with van der Waals surface area (Å²) in [6.07, 6.45) is 3.45. The molecule has 1 aromatic carbocycles. The summed E-state index contributed by atoms with van der Waals surface area (Å²) in [6, 6.07) is 9.89. The monoisotopic (exact) mass is 285 g/mol. The van der Waals surface area contributed by atoms with Gasteiger partial charge in [0.15, 0.2) is 0 Å². The van der Waals surface area contributed by atoms with Gasteiger partial charge in [-0.05, 0) is 25.5 Å². The van der Waals surface area contributed by atoms with E-state index < -0.39 is 5.97 Å². The number of hydrogen-bond acceptors (Lipinski definition) is 4. The van der Waals surface area contributed by atoms with Crippen molar-refractivity contribution in [1.29, 1.82) is 0 Å². The molecule has 0 aliphatic rings. The van der Waals surface area contributed by atoms with Crippen LogP contribution in [0.1, 0.15) is 35.8 Å². The molecule has 0 bridgehead atoms. The second kappa shape index (κ2) is 6.83. The zero-order valence-electron chi connectivity index (χ0n) is 12.3. The van der Waals surface area contributed by atoms with Crippen LogP contribution in [-0.4, -0.2) is 27.6 Å². The van der Waals surface area contributed by atoms with E-state index >= 15 is 0 Å². The first kappa shape index (κ1) is 15.0. The Morgan fingerprint density at radius 2 is 2.00 bits per heavy atom. The van der Waals surface area contributed by atoms with Gasteiger partial charge in [0.25, 0.3) is 0 Å². The van der Waals surface area contributed by atoms with Gasteiger partial charge >= 0.3 is 5.97 Å². The summed E-state index contributed by atoms with van der Waals surface area (Å²) in [5.74, 6) is -0.462. The molecular weight excluding hydrogens is 266 g/mol. The molecule has 0 atom stereocenters. The number of rotatable bonds is 6. The fourth-order valence-corrected chi connectivity index (χ4v) is 2.06.